The van der Waals surface area contributed by atoms with Gasteiger partial charge in [-0.3, -0.25) is 0 Å². The van der Waals surface area contributed by atoms with E-state index in [9.17, 15) is 0 Å². The third kappa shape index (κ3) is 515. The predicted octanol–water partition coefficient (Wildman–Crippen LogP) is -0.947. The van der Waals surface area contributed by atoms with Crippen LogP contribution in [0.25, 0.3) is 0 Å². The molecule has 0 N–H and O–H groups in total. The Kier molecular flexibility index (Phi) is 2950. The molecular formula is C6FeK3N6Na. The Hall–Kier alpha value is 3.37. The van der Waals surface area contributed by atoms with Gasteiger partial charge in [-0.2, -0.15) is 0 Å². The number of nitrogens with zero attached hydrogens (tertiary/aromatic N) is 6. The Morgan fingerprint density at radius 2 is 0.353 bits per heavy atom. The minimum Gasteiger partial charge on any atom is -0.512 e. The van der Waals surface area contributed by atoms with E-state index in [1.165, 1.54) is 0 Å². The zero-order valence-electron chi connectivity index (χ0n) is 10.0. The van der Waals surface area contributed by atoms with Crippen LogP contribution in [0, 0.1) is 71.0 Å². The van der Waals surface area contributed by atoms with Gasteiger partial charge < -0.3 is 71.0 Å². The van der Waals surface area contributed by atoms with Crippen molar-refractivity contribution in [1.29, 1.82) is 31.6 Å². The Balaban J connectivity index is -0.00000000267. The van der Waals surface area contributed by atoms with Crippen LogP contribution < -0.4 is 0 Å². The van der Waals surface area contributed by atoms with E-state index in [-0.39, 0.29) is 201 Å². The van der Waals surface area contributed by atoms with Crippen LogP contribution in [0.2, 0.25) is 0 Å². The van der Waals surface area contributed by atoms with Crippen molar-refractivity contribution in [3.05, 3.63) is 39.4 Å². The summed E-state index contributed by atoms with van der Waals surface area (Å²) in [5.74, 6) is 0. The van der Waals surface area contributed by atoms with E-state index >= 15 is 0 Å². The average Bonchev–Trinajstić information content (AvgIpc) is 2.33. The molecule has 0 aromatic carbocycles. The van der Waals surface area contributed by atoms with Crippen LogP contribution in [0.4, 0.5) is 0 Å². The van der Waals surface area contributed by atoms with Gasteiger partial charge in [0, 0.05) is 184 Å². The molecule has 0 heterocycles. The molecule has 4 radical (unpaired) electrons. The summed E-state index contributed by atoms with van der Waals surface area (Å²) in [4.78, 5) is 0. The molecule has 0 aromatic rings. The average molecular weight is 352 g/mol. The molecule has 0 amide bonds. The summed E-state index contributed by atoms with van der Waals surface area (Å²) >= 11 is 0. The molecule has 0 saturated carbocycles. The fourth-order valence-corrected chi connectivity index (χ4v) is 0. The van der Waals surface area contributed by atoms with E-state index in [0.717, 1.165) is 0 Å². The minimum atomic E-state index is 0. The third-order valence-corrected chi connectivity index (χ3v) is 0. The molecular weight excluding hydrogens is 352 g/mol. The summed E-state index contributed by atoms with van der Waals surface area (Å²) in [6.07, 6.45) is 0. The zero-order valence-corrected chi connectivity index (χ0v) is 22.5. The summed E-state index contributed by atoms with van der Waals surface area (Å²) < 4.78 is 0. The maximum atomic E-state index is 6.25. The molecule has 0 spiro atoms. The van der Waals surface area contributed by atoms with Gasteiger partial charge in [-0.15, -0.1) is 0 Å². The molecule has 0 rings (SSSR count). The zero-order chi connectivity index (χ0) is 12.0. The Labute approximate surface area is 264 Å². The van der Waals surface area contributed by atoms with E-state index in [1.807, 2.05) is 0 Å². The SMILES string of the molecule is [C-]#N.[C-]#N.[C-]#N.[C-]#N.[C-]#N.[C-]#N.[Fe+6].[K].[K].[K].[Na]. The van der Waals surface area contributed by atoms with Crippen molar-refractivity contribution in [2.45, 2.75) is 0 Å². The summed E-state index contributed by atoms with van der Waals surface area (Å²) in [5, 5.41) is 37.5. The van der Waals surface area contributed by atoms with Gasteiger partial charge in [-0.05, 0) is 0 Å². The third-order valence-electron chi connectivity index (χ3n) is 0. The molecule has 6 nitrogen and oxygen atoms in total. The molecule has 0 aliphatic carbocycles. The smallest absolute Gasteiger partial charge is 0.512 e. The summed E-state index contributed by atoms with van der Waals surface area (Å²) in [7, 11) is 0. The molecule has 66 valence electrons. The van der Waals surface area contributed by atoms with Crippen molar-refractivity contribution >= 4 is 184 Å². The predicted molar refractivity (Wildman–Crippen MR) is 52.8 cm³/mol. The maximum absolute atomic E-state index is 6.25. The van der Waals surface area contributed by atoms with Gasteiger partial charge in [0.25, 0.3) is 0 Å². The Bertz CT molecular complexity index is 109. The van der Waals surface area contributed by atoms with Crippen LogP contribution in [-0.2, 0) is 17.1 Å². The van der Waals surface area contributed by atoms with Crippen LogP contribution in [0.5, 0.6) is 0 Å². The van der Waals surface area contributed by atoms with Crippen LogP contribution in [0.3, 0.4) is 0 Å². The van der Waals surface area contributed by atoms with Crippen molar-refractivity contribution in [2.75, 3.05) is 0 Å². The Morgan fingerprint density at radius 1 is 0.353 bits per heavy atom. The second-order valence-electron chi connectivity index (χ2n) is 0. The second kappa shape index (κ2) is 576. The van der Waals surface area contributed by atoms with Gasteiger partial charge in [0.2, 0.25) is 0 Å². The van der Waals surface area contributed by atoms with E-state index in [1.54, 1.807) is 0 Å². The normalized spacial score (nSPS) is 0.706. The maximum Gasteiger partial charge on any atom is 6.00 e. The number of hydrogen-bond acceptors (Lipinski definition) is 6. The van der Waals surface area contributed by atoms with Gasteiger partial charge in [0.05, 0.1) is 0 Å². The number of rotatable bonds is 0. The van der Waals surface area contributed by atoms with E-state index in [2.05, 4.69) is 0 Å². The summed E-state index contributed by atoms with van der Waals surface area (Å²) in [5.41, 5.74) is 0. The van der Waals surface area contributed by atoms with Crippen molar-refractivity contribution in [2.24, 2.45) is 0 Å². The van der Waals surface area contributed by atoms with Crippen LogP contribution in [0.15, 0.2) is 0 Å². The van der Waals surface area contributed by atoms with Gasteiger partial charge >= 0.3 is 17.1 Å². The van der Waals surface area contributed by atoms with Gasteiger partial charge in [-0.1, -0.05) is 0 Å². The fourth-order valence-electron chi connectivity index (χ4n) is 0. The first-order chi connectivity index (χ1) is 6.00. The van der Waals surface area contributed by atoms with Gasteiger partial charge in [-0.25, -0.2) is 0 Å². The largest absolute Gasteiger partial charge is 6.00 e. The molecule has 0 fully saturated rings. The van der Waals surface area contributed by atoms with E-state index in [4.69, 9.17) is 71.0 Å². The molecule has 17 heavy (non-hydrogen) atoms. The van der Waals surface area contributed by atoms with Crippen molar-refractivity contribution in [3.8, 4) is 0 Å². The topological polar surface area (TPSA) is 143 Å². The van der Waals surface area contributed by atoms with Crippen molar-refractivity contribution in [1.82, 2.24) is 0 Å². The first-order valence-electron chi connectivity index (χ1n) is 1.34. The van der Waals surface area contributed by atoms with Crippen LogP contribution >= 0.6 is 0 Å². The minimum absolute atomic E-state index is 0. The second-order valence-corrected chi connectivity index (χ2v) is 0. The molecule has 0 atom stereocenters. The molecule has 11 heteroatoms. The van der Waals surface area contributed by atoms with Crippen molar-refractivity contribution in [3.63, 3.8) is 0 Å². The monoisotopic (exact) mass is 352 g/mol. The van der Waals surface area contributed by atoms with Crippen LogP contribution in [-0.4, -0.2) is 184 Å². The molecule has 0 aromatic heterocycles. The van der Waals surface area contributed by atoms with E-state index in [0.29, 0.717) is 0 Å². The molecule has 0 saturated heterocycles. The molecule has 0 unspecified atom stereocenters. The Morgan fingerprint density at radius 3 is 0.353 bits per heavy atom. The number of hydrogen-bond donors (Lipinski definition) is 0. The summed E-state index contributed by atoms with van der Waals surface area (Å²) in [6, 6.07) is 0. The van der Waals surface area contributed by atoms with Gasteiger partial charge in [0.1, 0.15) is 0 Å². The van der Waals surface area contributed by atoms with E-state index < -0.39 is 0 Å². The first-order valence-corrected chi connectivity index (χ1v) is 1.34. The first kappa shape index (κ1) is 87.1. The molecule has 0 aliphatic rings. The van der Waals surface area contributed by atoms with Gasteiger partial charge in [0.15, 0.2) is 0 Å². The van der Waals surface area contributed by atoms with Crippen molar-refractivity contribution < 1.29 is 17.1 Å². The summed E-state index contributed by atoms with van der Waals surface area (Å²) in [6.45, 7) is 28.5. The molecule has 0 aliphatic heterocycles. The molecule has 0 bridgehead atoms. The fraction of sp³-hybridized carbons (Fsp3) is 0. The quantitative estimate of drug-likeness (QED) is 0.406. The standard InChI is InChI=1S/6CN.Fe.3K.Na/c6*1-2;;;;;/q6*-1;+6;;;;. The van der Waals surface area contributed by atoms with Crippen LogP contribution in [0.1, 0.15) is 0 Å².